The Morgan fingerprint density at radius 3 is 2.71 bits per heavy atom. The van der Waals surface area contributed by atoms with Crippen LogP contribution in [0.1, 0.15) is 12.5 Å². The SMILES string of the molecule is CC(=O)Nc1cc(-c2cncc(-c3cc(N)ccc3C)n2)ccn1. The standard InChI is InChI=1S/C18H17N5O/c1-11-3-4-14(19)8-15(11)17-10-20-9-16(23-17)13-5-6-21-18(7-13)22-12(2)24/h3-10H,19H2,1-2H3,(H,21,22,24). The number of benzene rings is 1. The van der Waals surface area contributed by atoms with Crippen molar-refractivity contribution in [2.75, 3.05) is 11.1 Å². The number of nitrogen functional groups attached to an aromatic ring is 1. The predicted octanol–water partition coefficient (Wildman–Crippen LogP) is 3.05. The van der Waals surface area contributed by atoms with E-state index in [0.717, 1.165) is 22.4 Å². The van der Waals surface area contributed by atoms with Gasteiger partial charge in [0.2, 0.25) is 5.91 Å². The molecule has 2 heterocycles. The Balaban J connectivity index is 2.02. The van der Waals surface area contributed by atoms with Crippen molar-refractivity contribution in [3.63, 3.8) is 0 Å². The first-order valence-corrected chi connectivity index (χ1v) is 7.45. The maximum absolute atomic E-state index is 11.2. The number of nitrogens with one attached hydrogen (secondary N) is 1. The molecule has 6 heteroatoms. The Bertz CT molecular complexity index is 907. The molecular weight excluding hydrogens is 302 g/mol. The molecule has 2 aromatic heterocycles. The molecule has 0 unspecified atom stereocenters. The van der Waals surface area contributed by atoms with Crippen molar-refractivity contribution in [2.45, 2.75) is 13.8 Å². The average molecular weight is 319 g/mol. The summed E-state index contributed by atoms with van der Waals surface area (Å²) in [5.41, 5.74) is 10.8. The average Bonchev–Trinajstić information content (AvgIpc) is 2.57. The van der Waals surface area contributed by atoms with Gasteiger partial charge in [0.1, 0.15) is 5.82 Å². The van der Waals surface area contributed by atoms with Gasteiger partial charge >= 0.3 is 0 Å². The molecule has 120 valence electrons. The summed E-state index contributed by atoms with van der Waals surface area (Å²) in [5.74, 6) is 0.308. The number of hydrogen-bond acceptors (Lipinski definition) is 5. The molecule has 24 heavy (non-hydrogen) atoms. The zero-order valence-electron chi connectivity index (χ0n) is 13.4. The van der Waals surface area contributed by atoms with Crippen LogP contribution in [0.4, 0.5) is 11.5 Å². The van der Waals surface area contributed by atoms with Gasteiger partial charge in [-0.25, -0.2) is 9.97 Å². The number of anilines is 2. The van der Waals surface area contributed by atoms with Crippen molar-refractivity contribution in [1.82, 2.24) is 15.0 Å². The van der Waals surface area contributed by atoms with Gasteiger partial charge in [0.05, 0.1) is 23.8 Å². The van der Waals surface area contributed by atoms with Gasteiger partial charge in [-0.2, -0.15) is 0 Å². The largest absolute Gasteiger partial charge is 0.399 e. The van der Waals surface area contributed by atoms with Gasteiger partial charge in [-0.3, -0.25) is 9.78 Å². The molecule has 1 aromatic carbocycles. The van der Waals surface area contributed by atoms with Crippen molar-refractivity contribution in [1.29, 1.82) is 0 Å². The van der Waals surface area contributed by atoms with Gasteiger partial charge in [0.25, 0.3) is 0 Å². The Morgan fingerprint density at radius 1 is 1.12 bits per heavy atom. The van der Waals surface area contributed by atoms with Crippen LogP contribution in [0.25, 0.3) is 22.5 Å². The third-order valence-corrected chi connectivity index (χ3v) is 3.53. The van der Waals surface area contributed by atoms with Gasteiger partial charge in [-0.05, 0) is 36.8 Å². The van der Waals surface area contributed by atoms with Crippen LogP contribution in [0.5, 0.6) is 0 Å². The Kier molecular flexibility index (Phi) is 4.20. The van der Waals surface area contributed by atoms with E-state index < -0.39 is 0 Å². The van der Waals surface area contributed by atoms with E-state index in [2.05, 4.69) is 20.3 Å². The molecule has 6 nitrogen and oxygen atoms in total. The number of amides is 1. The number of carbonyl (C=O) groups is 1. The molecule has 0 fully saturated rings. The number of aromatic nitrogens is 3. The first-order chi connectivity index (χ1) is 11.5. The summed E-state index contributed by atoms with van der Waals surface area (Å²) in [6.07, 6.45) is 5.01. The van der Waals surface area contributed by atoms with Crippen LogP contribution in [0.2, 0.25) is 0 Å². The number of carbonyl (C=O) groups excluding carboxylic acids is 1. The molecule has 0 aliphatic carbocycles. The first-order valence-electron chi connectivity index (χ1n) is 7.45. The number of nitrogens with two attached hydrogens (primary N) is 1. The molecule has 0 spiro atoms. The zero-order valence-corrected chi connectivity index (χ0v) is 13.4. The minimum atomic E-state index is -0.171. The van der Waals surface area contributed by atoms with Crippen LogP contribution in [-0.4, -0.2) is 20.9 Å². The lowest BCUT2D eigenvalue weighted by molar-refractivity contribution is -0.114. The molecule has 0 aliphatic rings. The molecule has 3 rings (SSSR count). The second kappa shape index (κ2) is 6.45. The molecule has 0 bridgehead atoms. The Labute approximate surface area is 139 Å². The molecular formula is C18H17N5O. The second-order valence-corrected chi connectivity index (χ2v) is 5.47. The molecule has 0 saturated heterocycles. The van der Waals surface area contributed by atoms with E-state index in [1.807, 2.05) is 31.2 Å². The summed E-state index contributed by atoms with van der Waals surface area (Å²) >= 11 is 0. The van der Waals surface area contributed by atoms with Gasteiger partial charge < -0.3 is 11.1 Å². The third kappa shape index (κ3) is 3.38. The fraction of sp³-hybridized carbons (Fsp3) is 0.111. The van der Waals surface area contributed by atoms with Crippen molar-refractivity contribution >= 4 is 17.4 Å². The van der Waals surface area contributed by atoms with Crippen LogP contribution in [-0.2, 0) is 4.79 Å². The van der Waals surface area contributed by atoms with Crippen LogP contribution >= 0.6 is 0 Å². The normalized spacial score (nSPS) is 10.4. The minimum absolute atomic E-state index is 0.171. The van der Waals surface area contributed by atoms with E-state index in [0.29, 0.717) is 17.2 Å². The number of pyridine rings is 1. The van der Waals surface area contributed by atoms with Gasteiger partial charge in [0.15, 0.2) is 0 Å². The monoisotopic (exact) mass is 319 g/mol. The van der Waals surface area contributed by atoms with Crippen LogP contribution < -0.4 is 11.1 Å². The molecule has 0 saturated carbocycles. The van der Waals surface area contributed by atoms with E-state index in [1.54, 1.807) is 24.7 Å². The van der Waals surface area contributed by atoms with E-state index in [-0.39, 0.29) is 5.91 Å². The summed E-state index contributed by atoms with van der Waals surface area (Å²) in [7, 11) is 0. The summed E-state index contributed by atoms with van der Waals surface area (Å²) < 4.78 is 0. The summed E-state index contributed by atoms with van der Waals surface area (Å²) in [6, 6.07) is 9.30. The summed E-state index contributed by atoms with van der Waals surface area (Å²) in [5, 5.41) is 2.66. The summed E-state index contributed by atoms with van der Waals surface area (Å²) in [6.45, 7) is 3.45. The lowest BCUT2D eigenvalue weighted by Crippen LogP contribution is -2.07. The highest BCUT2D eigenvalue weighted by molar-refractivity contribution is 5.88. The lowest BCUT2D eigenvalue weighted by atomic mass is 10.0. The maximum atomic E-state index is 11.2. The fourth-order valence-electron chi connectivity index (χ4n) is 2.39. The molecule has 3 aromatic rings. The molecule has 1 amide bonds. The highest BCUT2D eigenvalue weighted by atomic mass is 16.1. The van der Waals surface area contributed by atoms with E-state index in [9.17, 15) is 4.79 Å². The third-order valence-electron chi connectivity index (χ3n) is 3.53. The summed E-state index contributed by atoms with van der Waals surface area (Å²) in [4.78, 5) is 24.3. The first kappa shape index (κ1) is 15.6. The quantitative estimate of drug-likeness (QED) is 0.724. The number of rotatable bonds is 3. The number of aryl methyl sites for hydroxylation is 1. The molecule has 0 aliphatic heterocycles. The van der Waals surface area contributed by atoms with Gasteiger partial charge in [0, 0.05) is 29.9 Å². The van der Waals surface area contributed by atoms with Crippen molar-refractivity contribution in [3.05, 3.63) is 54.5 Å². The van der Waals surface area contributed by atoms with Gasteiger partial charge in [-0.15, -0.1) is 0 Å². The van der Waals surface area contributed by atoms with Crippen LogP contribution in [0, 0.1) is 6.92 Å². The predicted molar refractivity (Wildman–Crippen MR) is 94.2 cm³/mol. The lowest BCUT2D eigenvalue weighted by Gasteiger charge is -2.09. The molecule has 3 N–H and O–H groups in total. The Hall–Kier alpha value is -3.28. The van der Waals surface area contributed by atoms with Gasteiger partial charge in [-0.1, -0.05) is 6.07 Å². The van der Waals surface area contributed by atoms with E-state index >= 15 is 0 Å². The highest BCUT2D eigenvalue weighted by Gasteiger charge is 2.08. The molecule has 0 radical (unpaired) electrons. The van der Waals surface area contributed by atoms with Crippen molar-refractivity contribution < 1.29 is 4.79 Å². The van der Waals surface area contributed by atoms with Crippen LogP contribution in [0.3, 0.4) is 0 Å². The Morgan fingerprint density at radius 2 is 1.92 bits per heavy atom. The van der Waals surface area contributed by atoms with Crippen molar-refractivity contribution in [3.8, 4) is 22.5 Å². The number of hydrogen-bond donors (Lipinski definition) is 2. The smallest absolute Gasteiger partial charge is 0.222 e. The fourth-order valence-corrected chi connectivity index (χ4v) is 2.39. The van der Waals surface area contributed by atoms with Crippen molar-refractivity contribution in [2.24, 2.45) is 0 Å². The minimum Gasteiger partial charge on any atom is -0.399 e. The second-order valence-electron chi connectivity index (χ2n) is 5.47. The molecule has 0 atom stereocenters. The highest BCUT2D eigenvalue weighted by Crippen LogP contribution is 2.26. The maximum Gasteiger partial charge on any atom is 0.222 e. The zero-order chi connectivity index (χ0) is 17.1. The van der Waals surface area contributed by atoms with E-state index in [4.69, 9.17) is 5.73 Å². The topological polar surface area (TPSA) is 93.8 Å². The number of nitrogens with zero attached hydrogens (tertiary/aromatic N) is 3. The van der Waals surface area contributed by atoms with E-state index in [1.165, 1.54) is 6.92 Å². The van der Waals surface area contributed by atoms with Crippen LogP contribution in [0.15, 0.2) is 48.9 Å².